The third kappa shape index (κ3) is 21.4. The third-order valence-corrected chi connectivity index (χ3v) is 9.62. The molecule has 2 atom stereocenters. The van der Waals surface area contributed by atoms with Gasteiger partial charge in [0.2, 0.25) is 0 Å². The maximum atomic E-state index is 4.39. The van der Waals surface area contributed by atoms with Gasteiger partial charge in [-0.15, -0.1) is 0 Å². The number of hydrogen-bond acceptors (Lipinski definition) is 6. The van der Waals surface area contributed by atoms with Gasteiger partial charge in [0.05, 0.1) is 0 Å². The average Bonchev–Trinajstić information content (AvgIpc) is 3.20. The minimum Gasteiger partial charge on any atom is -0.196 e. The minimum atomic E-state index is 0.709. The quantitative estimate of drug-likeness (QED) is 0.119. The predicted molar refractivity (Wildman–Crippen MR) is 232 cm³/mol. The number of rotatable bonds is 12. The molecule has 272 valence electrons. The molecule has 0 bridgehead atoms. The largest absolute Gasteiger partial charge is 0.196 e. The number of benzene rings is 4. The van der Waals surface area contributed by atoms with E-state index in [1.165, 1.54) is 35.1 Å². The molecule has 1 heterocycles. The van der Waals surface area contributed by atoms with E-state index in [0.29, 0.717) is 11.8 Å². The van der Waals surface area contributed by atoms with Crippen molar-refractivity contribution in [2.24, 2.45) is 0 Å². The molecule has 4 aromatic carbocycles. The summed E-state index contributed by atoms with van der Waals surface area (Å²) in [6.07, 6.45) is 6.12. The van der Waals surface area contributed by atoms with Crippen LogP contribution >= 0.6 is 35.3 Å². The molecule has 0 amide bonds. The third-order valence-electron chi connectivity index (χ3n) is 7.43. The Balaban J connectivity index is 0.000000326. The molecule has 51 heavy (non-hydrogen) atoms. The van der Waals surface area contributed by atoms with E-state index in [1.54, 1.807) is 35.3 Å². The molecule has 0 aliphatic heterocycles. The summed E-state index contributed by atoms with van der Waals surface area (Å²) in [4.78, 5) is 13.2. The lowest BCUT2D eigenvalue weighted by Gasteiger charge is -2.06. The highest BCUT2D eigenvalue weighted by Crippen LogP contribution is 2.22. The summed E-state index contributed by atoms with van der Waals surface area (Å²) in [6, 6.07) is 41.3. The Bertz CT molecular complexity index is 1400. The summed E-state index contributed by atoms with van der Waals surface area (Å²) >= 11 is 5.00. The summed E-state index contributed by atoms with van der Waals surface area (Å²) in [5.41, 5.74) is 5.25. The maximum Gasteiger partial charge on any atom is 0.192 e. The van der Waals surface area contributed by atoms with Crippen LogP contribution in [-0.4, -0.2) is 32.2 Å². The first kappa shape index (κ1) is 45.4. The summed E-state index contributed by atoms with van der Waals surface area (Å²) in [5.74, 6) is 4.41. The van der Waals surface area contributed by atoms with Crippen molar-refractivity contribution in [2.75, 3.05) is 17.3 Å². The lowest BCUT2D eigenvalue weighted by Crippen LogP contribution is -1.97. The van der Waals surface area contributed by atoms with Gasteiger partial charge in [-0.3, -0.25) is 0 Å². The van der Waals surface area contributed by atoms with Crippen LogP contribution in [0.5, 0.6) is 0 Å². The Kier molecular flexibility index (Phi) is 26.8. The van der Waals surface area contributed by atoms with Crippen LogP contribution in [0.1, 0.15) is 95.4 Å². The van der Waals surface area contributed by atoms with E-state index < -0.39 is 0 Å². The highest BCUT2D eigenvalue weighted by atomic mass is 32.2. The van der Waals surface area contributed by atoms with Gasteiger partial charge >= 0.3 is 0 Å². The van der Waals surface area contributed by atoms with Crippen LogP contribution in [0.4, 0.5) is 0 Å². The molecule has 0 saturated carbocycles. The van der Waals surface area contributed by atoms with Crippen LogP contribution in [0, 0.1) is 0 Å². The average molecular weight is 738 g/mol. The van der Waals surface area contributed by atoms with Crippen LogP contribution in [0.25, 0.3) is 12.2 Å². The van der Waals surface area contributed by atoms with E-state index in [2.05, 4.69) is 137 Å². The van der Waals surface area contributed by atoms with E-state index in [-0.39, 0.29) is 0 Å². The standard InChI is InChI=1S/2C10H14.C9H15N3S3.2C8H8/c2*1-3-9(2)10-7-5-4-6-8-10;1-4-13-7-10-8(14-5-2)12-9(11-7)15-6-3;2*1-2-8-6-4-3-5-7-8/h2*4-9H,3H2,1-2H3;4-6H2,1-3H3;2*2-7H,1H2. The van der Waals surface area contributed by atoms with Gasteiger partial charge in [-0.1, -0.05) is 230 Å². The monoisotopic (exact) mass is 737 g/mol. The first-order chi connectivity index (χ1) is 24.8. The van der Waals surface area contributed by atoms with Gasteiger partial charge in [0.1, 0.15) is 0 Å². The highest BCUT2D eigenvalue weighted by Gasteiger charge is 2.06. The highest BCUT2D eigenvalue weighted by molar-refractivity contribution is 8.00. The van der Waals surface area contributed by atoms with Crippen molar-refractivity contribution >= 4 is 47.4 Å². The molecule has 0 fully saturated rings. The van der Waals surface area contributed by atoms with Gasteiger partial charge in [-0.25, -0.2) is 0 Å². The Morgan fingerprint density at radius 3 is 0.902 bits per heavy atom. The Morgan fingerprint density at radius 2 is 0.706 bits per heavy atom. The summed E-state index contributed by atoms with van der Waals surface area (Å²) < 4.78 is 0. The van der Waals surface area contributed by atoms with Crippen molar-refractivity contribution in [1.82, 2.24) is 15.0 Å². The van der Waals surface area contributed by atoms with E-state index in [9.17, 15) is 0 Å². The second-order valence-electron chi connectivity index (χ2n) is 11.2. The molecule has 3 nitrogen and oxygen atoms in total. The second-order valence-corrected chi connectivity index (χ2v) is 14.8. The van der Waals surface area contributed by atoms with Crippen molar-refractivity contribution in [1.29, 1.82) is 0 Å². The molecule has 0 radical (unpaired) electrons. The molecule has 5 aromatic rings. The fourth-order valence-corrected chi connectivity index (χ4v) is 5.97. The molecule has 5 rings (SSSR count). The zero-order chi connectivity index (χ0) is 37.5. The van der Waals surface area contributed by atoms with Gasteiger partial charge in [-0.2, -0.15) is 15.0 Å². The second kappa shape index (κ2) is 30.1. The number of nitrogens with zero attached hydrogens (tertiary/aromatic N) is 3. The Labute approximate surface area is 323 Å². The van der Waals surface area contributed by atoms with E-state index in [4.69, 9.17) is 0 Å². The topological polar surface area (TPSA) is 38.7 Å². The molecule has 0 saturated heterocycles. The molecule has 1 aromatic heterocycles. The van der Waals surface area contributed by atoms with Crippen molar-refractivity contribution < 1.29 is 0 Å². The normalized spacial score (nSPS) is 10.9. The number of hydrogen-bond donors (Lipinski definition) is 0. The van der Waals surface area contributed by atoms with Crippen molar-refractivity contribution in [2.45, 2.75) is 88.6 Å². The fourth-order valence-electron chi connectivity index (χ4n) is 4.11. The lowest BCUT2D eigenvalue weighted by atomic mass is 9.99. The zero-order valence-corrected chi connectivity index (χ0v) is 34.3. The molecular formula is C45H59N3S3. The molecule has 0 N–H and O–H groups in total. The van der Waals surface area contributed by atoms with Gasteiger partial charge < -0.3 is 0 Å². The van der Waals surface area contributed by atoms with Crippen molar-refractivity contribution in [3.05, 3.63) is 157 Å². The predicted octanol–water partition coefficient (Wildman–Crippen LogP) is 14.3. The van der Waals surface area contributed by atoms with Gasteiger partial charge in [0, 0.05) is 0 Å². The number of aromatic nitrogens is 3. The van der Waals surface area contributed by atoms with Gasteiger partial charge in [0.25, 0.3) is 0 Å². The van der Waals surface area contributed by atoms with E-state index in [0.717, 1.165) is 32.7 Å². The minimum absolute atomic E-state index is 0.709. The van der Waals surface area contributed by atoms with Crippen molar-refractivity contribution in [3.8, 4) is 0 Å². The number of thioether (sulfide) groups is 3. The van der Waals surface area contributed by atoms with Crippen LogP contribution in [0.2, 0.25) is 0 Å². The van der Waals surface area contributed by atoms with Gasteiger partial charge in [-0.05, 0) is 64.2 Å². The zero-order valence-electron chi connectivity index (χ0n) is 31.9. The molecule has 2 unspecified atom stereocenters. The van der Waals surface area contributed by atoms with Crippen LogP contribution < -0.4 is 0 Å². The summed E-state index contributed by atoms with van der Waals surface area (Å²) in [5, 5.41) is 2.54. The molecular weight excluding hydrogens is 679 g/mol. The maximum absolute atomic E-state index is 4.39. The summed E-state index contributed by atoms with van der Waals surface area (Å²) in [6.45, 7) is 22.5. The SMILES string of the molecule is C=Cc1ccccc1.C=Cc1ccccc1.CCC(C)c1ccccc1.CCC(C)c1ccccc1.CCSc1nc(SCC)nc(SCC)n1. The fraction of sp³-hybridized carbons (Fsp3) is 0.311. The van der Waals surface area contributed by atoms with Crippen LogP contribution in [-0.2, 0) is 0 Å². The van der Waals surface area contributed by atoms with Crippen LogP contribution in [0.3, 0.4) is 0 Å². The molecule has 0 spiro atoms. The van der Waals surface area contributed by atoms with Crippen LogP contribution in [0.15, 0.2) is 150 Å². The Morgan fingerprint density at radius 1 is 0.451 bits per heavy atom. The van der Waals surface area contributed by atoms with Gasteiger partial charge in [0.15, 0.2) is 15.5 Å². The summed E-state index contributed by atoms with van der Waals surface area (Å²) in [7, 11) is 0. The smallest absolute Gasteiger partial charge is 0.192 e. The first-order valence-corrected chi connectivity index (χ1v) is 20.9. The first-order valence-electron chi connectivity index (χ1n) is 17.9. The van der Waals surface area contributed by atoms with Crippen molar-refractivity contribution in [3.63, 3.8) is 0 Å². The lowest BCUT2D eigenvalue weighted by molar-refractivity contribution is 0.718. The molecule has 0 aliphatic carbocycles. The molecule has 0 aliphatic rings. The Hall–Kier alpha value is -3.58. The molecule has 6 heteroatoms. The van der Waals surface area contributed by atoms with E-state index >= 15 is 0 Å². The van der Waals surface area contributed by atoms with E-state index in [1.807, 2.05) is 72.8 Å².